The number of rotatable bonds is 1. The Balaban J connectivity index is 2.55. The van der Waals surface area contributed by atoms with E-state index in [-0.39, 0.29) is 6.03 Å². The van der Waals surface area contributed by atoms with Crippen molar-refractivity contribution < 1.29 is 19.1 Å². The molecule has 6 heteroatoms. The number of amides is 2. The van der Waals surface area contributed by atoms with Crippen LogP contribution in [0.2, 0.25) is 0 Å². The molecule has 0 N–H and O–H groups in total. The van der Waals surface area contributed by atoms with Gasteiger partial charge in [0.25, 0.3) is 0 Å². The fourth-order valence-corrected chi connectivity index (χ4v) is 1.28. The summed E-state index contributed by atoms with van der Waals surface area (Å²) in [6, 6.07) is -0.162. The highest BCUT2D eigenvalue weighted by Crippen LogP contribution is 2.14. The van der Waals surface area contributed by atoms with E-state index >= 15 is 0 Å². The van der Waals surface area contributed by atoms with Crippen LogP contribution in [0.25, 0.3) is 0 Å². The monoisotopic (exact) mass is 202 g/mol. The van der Waals surface area contributed by atoms with Gasteiger partial charge in [-0.2, -0.15) is 0 Å². The molecule has 0 aliphatic carbocycles. The number of urea groups is 1. The summed E-state index contributed by atoms with van der Waals surface area (Å²) in [5.74, 6) is 0. The Morgan fingerprint density at radius 1 is 1.50 bits per heavy atom. The molecule has 0 radical (unpaired) electrons. The van der Waals surface area contributed by atoms with Crippen LogP contribution in [0.5, 0.6) is 0 Å². The lowest BCUT2D eigenvalue weighted by molar-refractivity contribution is -0.0391. The van der Waals surface area contributed by atoms with E-state index in [1.807, 2.05) is 0 Å². The van der Waals surface area contributed by atoms with Gasteiger partial charge < -0.3 is 14.4 Å². The molecule has 1 rings (SSSR count). The minimum absolute atomic E-state index is 0.162. The molecule has 0 aromatic carbocycles. The van der Waals surface area contributed by atoms with Crippen LogP contribution in [0.15, 0.2) is 0 Å². The average Bonchev–Trinajstić information content (AvgIpc) is 2.19. The second-order valence-corrected chi connectivity index (χ2v) is 3.13. The number of hydrogen-bond acceptors (Lipinski definition) is 4. The highest BCUT2D eigenvalue weighted by molar-refractivity contribution is 5.75. The van der Waals surface area contributed by atoms with Gasteiger partial charge in [0.15, 0.2) is 6.23 Å². The fourth-order valence-electron chi connectivity index (χ4n) is 1.28. The fraction of sp³-hybridized carbons (Fsp3) is 0.750. The van der Waals surface area contributed by atoms with Crippen LogP contribution in [0.3, 0.4) is 0 Å². The maximum atomic E-state index is 11.4. The van der Waals surface area contributed by atoms with Crippen molar-refractivity contribution in [1.82, 2.24) is 9.80 Å². The van der Waals surface area contributed by atoms with E-state index in [4.69, 9.17) is 4.74 Å². The lowest BCUT2D eigenvalue weighted by Crippen LogP contribution is -2.52. The van der Waals surface area contributed by atoms with Crippen molar-refractivity contribution in [1.29, 1.82) is 0 Å². The molecule has 1 heterocycles. The molecule has 14 heavy (non-hydrogen) atoms. The van der Waals surface area contributed by atoms with Gasteiger partial charge in [0, 0.05) is 27.1 Å². The van der Waals surface area contributed by atoms with E-state index in [1.54, 1.807) is 19.0 Å². The smallest absolute Gasteiger partial charge is 0.438 e. The Hall–Kier alpha value is -1.46. The van der Waals surface area contributed by atoms with Crippen LogP contribution < -0.4 is 0 Å². The second kappa shape index (κ2) is 4.17. The molecule has 1 aliphatic heterocycles. The molecular weight excluding hydrogens is 188 g/mol. The lowest BCUT2D eigenvalue weighted by atomic mass is 10.3. The summed E-state index contributed by atoms with van der Waals surface area (Å²) in [5, 5.41) is 0. The number of hydrogen-bond donors (Lipinski definition) is 0. The van der Waals surface area contributed by atoms with Crippen LogP contribution >= 0.6 is 0 Å². The topological polar surface area (TPSA) is 59.1 Å². The van der Waals surface area contributed by atoms with Gasteiger partial charge in [0.2, 0.25) is 0 Å². The van der Waals surface area contributed by atoms with E-state index in [2.05, 4.69) is 4.74 Å². The molecule has 6 nitrogen and oxygen atoms in total. The first-order chi connectivity index (χ1) is 6.56. The number of ether oxygens (including phenoxy) is 2. The highest BCUT2D eigenvalue weighted by atomic mass is 16.7. The van der Waals surface area contributed by atoms with Crippen LogP contribution in [0.4, 0.5) is 9.59 Å². The number of carbonyl (C=O) groups excluding carboxylic acids is 2. The first-order valence-electron chi connectivity index (χ1n) is 4.28. The van der Waals surface area contributed by atoms with Gasteiger partial charge >= 0.3 is 12.2 Å². The first kappa shape index (κ1) is 10.6. The Kier molecular flexibility index (Phi) is 3.16. The zero-order valence-corrected chi connectivity index (χ0v) is 8.52. The molecule has 80 valence electrons. The molecule has 1 fully saturated rings. The van der Waals surface area contributed by atoms with Crippen molar-refractivity contribution in [2.45, 2.75) is 12.6 Å². The van der Waals surface area contributed by atoms with Crippen molar-refractivity contribution >= 4 is 12.2 Å². The van der Waals surface area contributed by atoms with E-state index in [0.29, 0.717) is 13.0 Å². The van der Waals surface area contributed by atoms with Gasteiger partial charge in [-0.25, -0.2) is 9.59 Å². The van der Waals surface area contributed by atoms with Crippen LogP contribution in [0.1, 0.15) is 6.42 Å². The standard InChI is InChI=1S/C8H14N2O4/c1-9-5-4-6(10(2)7(9)11)14-8(12)13-3/h6H,4-5H2,1-3H3. The largest absolute Gasteiger partial charge is 0.509 e. The summed E-state index contributed by atoms with van der Waals surface area (Å²) in [7, 11) is 4.53. The summed E-state index contributed by atoms with van der Waals surface area (Å²) in [4.78, 5) is 25.2. The normalized spacial score (nSPS) is 22.2. The van der Waals surface area contributed by atoms with Gasteiger partial charge in [-0.05, 0) is 0 Å². The van der Waals surface area contributed by atoms with Crippen molar-refractivity contribution in [2.75, 3.05) is 27.7 Å². The third kappa shape index (κ3) is 2.07. The summed E-state index contributed by atoms with van der Waals surface area (Å²) < 4.78 is 9.24. The first-order valence-corrected chi connectivity index (χ1v) is 4.28. The van der Waals surface area contributed by atoms with Crippen molar-refractivity contribution in [3.05, 3.63) is 0 Å². The SMILES string of the molecule is COC(=O)OC1CCN(C)C(=O)N1C. The molecule has 2 amide bonds. The highest BCUT2D eigenvalue weighted by Gasteiger charge is 2.31. The van der Waals surface area contributed by atoms with Gasteiger partial charge in [-0.3, -0.25) is 4.90 Å². The molecular formula is C8H14N2O4. The Morgan fingerprint density at radius 2 is 2.14 bits per heavy atom. The van der Waals surface area contributed by atoms with E-state index in [0.717, 1.165) is 0 Å². The molecule has 1 unspecified atom stereocenters. The van der Waals surface area contributed by atoms with E-state index < -0.39 is 12.4 Å². The predicted molar refractivity (Wildman–Crippen MR) is 47.7 cm³/mol. The lowest BCUT2D eigenvalue weighted by Gasteiger charge is -2.36. The Bertz CT molecular complexity index is 243. The van der Waals surface area contributed by atoms with E-state index in [1.165, 1.54) is 12.0 Å². The third-order valence-electron chi connectivity index (χ3n) is 2.17. The Labute approximate surface area is 82.4 Å². The molecule has 0 saturated carbocycles. The quantitative estimate of drug-likeness (QED) is 0.580. The Morgan fingerprint density at radius 3 is 2.71 bits per heavy atom. The minimum atomic E-state index is -0.765. The van der Waals surface area contributed by atoms with Gasteiger partial charge in [-0.15, -0.1) is 0 Å². The van der Waals surface area contributed by atoms with Crippen molar-refractivity contribution in [3.8, 4) is 0 Å². The number of carbonyl (C=O) groups is 2. The van der Waals surface area contributed by atoms with E-state index in [9.17, 15) is 9.59 Å². The third-order valence-corrected chi connectivity index (χ3v) is 2.17. The van der Waals surface area contributed by atoms with Crippen LogP contribution in [-0.4, -0.2) is 56.0 Å². The van der Waals surface area contributed by atoms with Gasteiger partial charge in [-0.1, -0.05) is 0 Å². The van der Waals surface area contributed by atoms with Crippen molar-refractivity contribution in [2.24, 2.45) is 0 Å². The summed E-state index contributed by atoms with van der Waals surface area (Å²) in [6.07, 6.45) is -0.696. The van der Waals surface area contributed by atoms with Crippen molar-refractivity contribution in [3.63, 3.8) is 0 Å². The maximum absolute atomic E-state index is 11.4. The molecule has 0 bridgehead atoms. The molecule has 0 aromatic rings. The molecule has 1 saturated heterocycles. The second-order valence-electron chi connectivity index (χ2n) is 3.13. The molecule has 1 atom stereocenters. The average molecular weight is 202 g/mol. The van der Waals surface area contributed by atoms with Crippen LogP contribution in [-0.2, 0) is 9.47 Å². The number of methoxy groups -OCH3 is 1. The summed E-state index contributed by atoms with van der Waals surface area (Å²) >= 11 is 0. The molecule has 0 spiro atoms. The molecule has 1 aliphatic rings. The minimum Gasteiger partial charge on any atom is -0.438 e. The maximum Gasteiger partial charge on any atom is 0.509 e. The zero-order valence-electron chi connectivity index (χ0n) is 8.52. The zero-order chi connectivity index (χ0) is 10.7. The van der Waals surface area contributed by atoms with Crippen LogP contribution in [0, 0.1) is 0 Å². The summed E-state index contributed by atoms with van der Waals surface area (Å²) in [5.41, 5.74) is 0. The molecule has 0 aromatic heterocycles. The van der Waals surface area contributed by atoms with Gasteiger partial charge in [0.1, 0.15) is 0 Å². The summed E-state index contributed by atoms with van der Waals surface area (Å²) in [6.45, 7) is 0.574. The predicted octanol–water partition coefficient (Wildman–Crippen LogP) is 0.483. The van der Waals surface area contributed by atoms with Gasteiger partial charge in [0.05, 0.1) is 7.11 Å². The number of nitrogens with zero attached hydrogens (tertiary/aromatic N) is 2.